The first-order valence-electron chi connectivity index (χ1n) is 8.68. The normalized spacial score (nSPS) is 14.5. The fourth-order valence-corrected chi connectivity index (χ4v) is 3.55. The number of aromatic nitrogens is 4. The highest BCUT2D eigenvalue weighted by Crippen LogP contribution is 2.36. The minimum atomic E-state index is -4.41. The Balaban J connectivity index is 1.67. The Morgan fingerprint density at radius 3 is 2.46 bits per heavy atom. The molecule has 0 N–H and O–H groups in total. The number of aryl methyl sites for hydroxylation is 1. The van der Waals surface area contributed by atoms with Crippen LogP contribution in [0.15, 0.2) is 36.7 Å². The summed E-state index contributed by atoms with van der Waals surface area (Å²) in [5.74, 6) is 0.921. The first-order chi connectivity index (χ1) is 12.4. The lowest BCUT2D eigenvalue weighted by Crippen LogP contribution is -2.11. The first kappa shape index (κ1) is 16.9. The zero-order valence-corrected chi connectivity index (χ0v) is 14.4. The van der Waals surface area contributed by atoms with Gasteiger partial charge in [0.1, 0.15) is 5.82 Å². The Labute approximate surface area is 149 Å². The highest BCUT2D eigenvalue weighted by atomic mass is 19.4. The number of hydrogen-bond donors (Lipinski definition) is 0. The van der Waals surface area contributed by atoms with Crippen molar-refractivity contribution in [1.82, 2.24) is 19.3 Å². The van der Waals surface area contributed by atoms with E-state index in [1.54, 1.807) is 6.20 Å². The molecule has 7 heteroatoms. The smallest absolute Gasteiger partial charge is 0.331 e. The first-order valence-corrected chi connectivity index (χ1v) is 8.68. The molecule has 4 rings (SSSR count). The largest absolute Gasteiger partial charge is 0.435 e. The number of benzene rings is 1. The van der Waals surface area contributed by atoms with Crippen molar-refractivity contribution in [3.05, 3.63) is 65.0 Å². The van der Waals surface area contributed by atoms with E-state index in [-0.39, 0.29) is 0 Å². The highest BCUT2D eigenvalue weighted by Gasteiger charge is 2.39. The third-order valence-corrected chi connectivity index (χ3v) is 4.91. The van der Waals surface area contributed by atoms with Gasteiger partial charge in [0.2, 0.25) is 0 Å². The van der Waals surface area contributed by atoms with Gasteiger partial charge in [0.15, 0.2) is 5.69 Å². The van der Waals surface area contributed by atoms with Gasteiger partial charge >= 0.3 is 6.18 Å². The fourth-order valence-electron chi connectivity index (χ4n) is 3.55. The van der Waals surface area contributed by atoms with Gasteiger partial charge in [-0.2, -0.15) is 18.3 Å². The molecule has 0 atom stereocenters. The van der Waals surface area contributed by atoms with Crippen LogP contribution in [-0.2, 0) is 25.6 Å². The molecule has 1 aliphatic rings. The topological polar surface area (TPSA) is 35.6 Å². The van der Waals surface area contributed by atoms with Crippen LogP contribution in [0.2, 0.25) is 0 Å². The van der Waals surface area contributed by atoms with Crippen LogP contribution in [-0.4, -0.2) is 19.3 Å². The molecular formula is C19H19F3N4. The van der Waals surface area contributed by atoms with Gasteiger partial charge in [0.25, 0.3) is 0 Å². The number of halogens is 3. The predicted molar refractivity (Wildman–Crippen MR) is 91.3 cm³/mol. The third-order valence-electron chi connectivity index (χ3n) is 4.91. The maximum Gasteiger partial charge on any atom is 0.435 e. The molecule has 4 nitrogen and oxygen atoms in total. The Morgan fingerprint density at radius 1 is 1.08 bits per heavy atom. The summed E-state index contributed by atoms with van der Waals surface area (Å²) in [7, 11) is 0. The Kier molecular flexibility index (Phi) is 4.09. The van der Waals surface area contributed by atoms with E-state index < -0.39 is 11.9 Å². The van der Waals surface area contributed by atoms with E-state index in [4.69, 9.17) is 0 Å². The van der Waals surface area contributed by atoms with Gasteiger partial charge in [0, 0.05) is 30.2 Å². The molecule has 136 valence electrons. The van der Waals surface area contributed by atoms with E-state index >= 15 is 0 Å². The Hall–Kier alpha value is -2.57. The van der Waals surface area contributed by atoms with Gasteiger partial charge in [0.05, 0.1) is 5.69 Å². The standard InChI is InChI=1S/C19H19F3N4/c1-13-23-10-11-25(13)12-14-6-8-15(9-7-14)26-17-5-3-2-4-16(17)18(24-26)19(20,21)22/h6-11H,2-5,12H2,1H3. The molecule has 0 aliphatic heterocycles. The second-order valence-electron chi connectivity index (χ2n) is 6.66. The number of nitrogens with zero attached hydrogens (tertiary/aromatic N) is 4. The van der Waals surface area contributed by atoms with Crippen molar-refractivity contribution in [3.63, 3.8) is 0 Å². The molecule has 0 amide bonds. The van der Waals surface area contributed by atoms with Gasteiger partial charge < -0.3 is 4.57 Å². The van der Waals surface area contributed by atoms with E-state index in [1.807, 2.05) is 42.0 Å². The van der Waals surface area contributed by atoms with Crippen LogP contribution in [0.4, 0.5) is 13.2 Å². The molecule has 26 heavy (non-hydrogen) atoms. The number of imidazole rings is 1. The second kappa shape index (κ2) is 6.30. The molecule has 0 unspecified atom stereocenters. The molecular weight excluding hydrogens is 341 g/mol. The summed E-state index contributed by atoms with van der Waals surface area (Å²) in [5, 5.41) is 3.93. The summed E-state index contributed by atoms with van der Waals surface area (Å²) in [6.45, 7) is 2.61. The molecule has 0 fully saturated rings. The van der Waals surface area contributed by atoms with Crippen LogP contribution < -0.4 is 0 Å². The monoisotopic (exact) mass is 360 g/mol. The summed E-state index contributed by atoms with van der Waals surface area (Å²) in [6.07, 6.45) is 2.00. The molecule has 1 aromatic carbocycles. The van der Waals surface area contributed by atoms with Crippen LogP contribution in [0.3, 0.4) is 0 Å². The van der Waals surface area contributed by atoms with E-state index in [9.17, 15) is 13.2 Å². The summed E-state index contributed by atoms with van der Waals surface area (Å²) in [6, 6.07) is 7.53. The van der Waals surface area contributed by atoms with Crippen LogP contribution in [0.25, 0.3) is 5.69 Å². The zero-order valence-electron chi connectivity index (χ0n) is 14.4. The summed E-state index contributed by atoms with van der Waals surface area (Å²) >= 11 is 0. The van der Waals surface area contributed by atoms with Gasteiger partial charge in [-0.1, -0.05) is 12.1 Å². The second-order valence-corrected chi connectivity index (χ2v) is 6.66. The van der Waals surface area contributed by atoms with E-state index in [2.05, 4.69) is 10.1 Å². The van der Waals surface area contributed by atoms with Gasteiger partial charge in [-0.25, -0.2) is 9.67 Å². The van der Waals surface area contributed by atoms with E-state index in [1.165, 1.54) is 4.68 Å². The molecule has 0 radical (unpaired) electrons. The molecule has 0 saturated heterocycles. The number of alkyl halides is 3. The zero-order chi connectivity index (χ0) is 18.3. The molecule has 3 aromatic rings. The Morgan fingerprint density at radius 2 is 1.81 bits per heavy atom. The molecule has 2 heterocycles. The van der Waals surface area contributed by atoms with Gasteiger partial charge in [-0.3, -0.25) is 0 Å². The lowest BCUT2D eigenvalue weighted by atomic mass is 9.95. The number of rotatable bonds is 3. The maximum atomic E-state index is 13.3. The predicted octanol–water partition coefficient (Wildman–Crippen LogP) is 4.32. The van der Waals surface area contributed by atoms with Crippen molar-refractivity contribution in [1.29, 1.82) is 0 Å². The molecule has 1 aliphatic carbocycles. The van der Waals surface area contributed by atoms with E-state index in [0.29, 0.717) is 36.3 Å². The lowest BCUT2D eigenvalue weighted by molar-refractivity contribution is -0.142. The molecule has 2 aromatic heterocycles. The number of hydrogen-bond acceptors (Lipinski definition) is 2. The summed E-state index contributed by atoms with van der Waals surface area (Å²) in [4.78, 5) is 4.19. The van der Waals surface area contributed by atoms with Crippen molar-refractivity contribution in [2.75, 3.05) is 0 Å². The molecule has 0 bridgehead atoms. The summed E-state index contributed by atoms with van der Waals surface area (Å²) < 4.78 is 43.5. The molecule has 0 saturated carbocycles. The van der Waals surface area contributed by atoms with Crippen LogP contribution in [0.1, 0.15) is 41.2 Å². The van der Waals surface area contributed by atoms with Crippen LogP contribution in [0.5, 0.6) is 0 Å². The average Bonchev–Trinajstić information content (AvgIpc) is 3.19. The van der Waals surface area contributed by atoms with Crippen molar-refractivity contribution in [3.8, 4) is 5.69 Å². The van der Waals surface area contributed by atoms with Crippen molar-refractivity contribution >= 4 is 0 Å². The fraction of sp³-hybridized carbons (Fsp3) is 0.368. The van der Waals surface area contributed by atoms with Crippen LogP contribution >= 0.6 is 0 Å². The van der Waals surface area contributed by atoms with Crippen LogP contribution in [0, 0.1) is 6.92 Å². The highest BCUT2D eigenvalue weighted by molar-refractivity contribution is 5.41. The van der Waals surface area contributed by atoms with Gasteiger partial charge in [-0.05, 0) is 50.3 Å². The minimum Gasteiger partial charge on any atom is -0.331 e. The quantitative estimate of drug-likeness (QED) is 0.697. The lowest BCUT2D eigenvalue weighted by Gasteiger charge is -2.15. The maximum absolute atomic E-state index is 13.3. The number of fused-ring (bicyclic) bond motifs is 1. The van der Waals surface area contributed by atoms with Crippen molar-refractivity contribution in [2.24, 2.45) is 0 Å². The third kappa shape index (κ3) is 3.02. The Bertz CT molecular complexity index is 919. The van der Waals surface area contributed by atoms with Gasteiger partial charge in [-0.15, -0.1) is 0 Å². The van der Waals surface area contributed by atoms with Crippen molar-refractivity contribution in [2.45, 2.75) is 45.3 Å². The average molecular weight is 360 g/mol. The summed E-state index contributed by atoms with van der Waals surface area (Å²) in [5.41, 5.74) is 2.06. The van der Waals surface area contributed by atoms with E-state index in [0.717, 1.165) is 24.2 Å². The minimum absolute atomic E-state index is 0.363. The van der Waals surface area contributed by atoms with Crippen molar-refractivity contribution < 1.29 is 13.2 Å². The SMILES string of the molecule is Cc1nccn1Cc1ccc(-n2nc(C(F)(F)F)c3c2CCCC3)cc1. The molecule has 0 spiro atoms.